The van der Waals surface area contributed by atoms with E-state index in [1.807, 2.05) is 17.0 Å². The Kier molecular flexibility index (Phi) is 5.50. The lowest BCUT2D eigenvalue weighted by Crippen LogP contribution is -2.21. The predicted octanol–water partition coefficient (Wildman–Crippen LogP) is 3.19. The summed E-state index contributed by atoms with van der Waals surface area (Å²) in [5.41, 5.74) is 1.68. The molecule has 8 heteroatoms. The van der Waals surface area contributed by atoms with Crippen LogP contribution in [0.15, 0.2) is 54.9 Å². The average Bonchev–Trinajstić information content (AvgIpc) is 3.33. The van der Waals surface area contributed by atoms with Gasteiger partial charge in [0.25, 0.3) is 0 Å². The molecule has 1 aliphatic rings. The van der Waals surface area contributed by atoms with Crippen LogP contribution < -0.4 is 10.2 Å². The Labute approximate surface area is 167 Å². The molecule has 1 aromatic carbocycles. The number of nitrogens with one attached hydrogen (secondary N) is 1. The molecule has 6 nitrogen and oxygen atoms in total. The maximum atomic E-state index is 13.3. The molecule has 1 saturated heterocycles. The second-order valence-corrected chi connectivity index (χ2v) is 7.11. The summed E-state index contributed by atoms with van der Waals surface area (Å²) in [7, 11) is 0. The summed E-state index contributed by atoms with van der Waals surface area (Å²) in [6, 6.07) is 11.6. The lowest BCUT2D eigenvalue weighted by Gasteiger charge is -2.16. The van der Waals surface area contributed by atoms with Gasteiger partial charge in [-0.2, -0.15) is 5.10 Å². The Morgan fingerprint density at radius 1 is 1.14 bits per heavy atom. The number of nitrogens with zero attached hydrogens (tertiary/aromatic N) is 4. The summed E-state index contributed by atoms with van der Waals surface area (Å²) >= 11 is 0. The molecular formula is C21H21F2N5O. The SMILES string of the molecule is O=C(Cc1ccc(N2CCC(F)C2)nc1)Nc1ccn(Cc2ccc(F)cc2)n1. The summed E-state index contributed by atoms with van der Waals surface area (Å²) in [5, 5.41) is 7.08. The van der Waals surface area contributed by atoms with Crippen LogP contribution in [0.4, 0.5) is 20.4 Å². The van der Waals surface area contributed by atoms with Crippen molar-refractivity contribution in [2.75, 3.05) is 23.3 Å². The fourth-order valence-corrected chi connectivity index (χ4v) is 3.30. The van der Waals surface area contributed by atoms with E-state index in [-0.39, 0.29) is 18.1 Å². The van der Waals surface area contributed by atoms with Gasteiger partial charge >= 0.3 is 0 Å². The van der Waals surface area contributed by atoms with Crippen LogP contribution >= 0.6 is 0 Å². The number of hydrogen-bond acceptors (Lipinski definition) is 4. The predicted molar refractivity (Wildman–Crippen MR) is 106 cm³/mol. The van der Waals surface area contributed by atoms with Crippen LogP contribution in [0.3, 0.4) is 0 Å². The molecule has 1 aliphatic heterocycles. The zero-order chi connectivity index (χ0) is 20.2. The number of carbonyl (C=O) groups excluding carboxylic acids is 1. The van der Waals surface area contributed by atoms with E-state index in [0.29, 0.717) is 31.9 Å². The molecule has 1 fully saturated rings. The second-order valence-electron chi connectivity index (χ2n) is 7.11. The molecule has 3 aromatic rings. The van der Waals surface area contributed by atoms with E-state index in [1.54, 1.807) is 35.3 Å². The van der Waals surface area contributed by atoms with Crippen molar-refractivity contribution in [3.05, 3.63) is 71.8 Å². The van der Waals surface area contributed by atoms with E-state index >= 15 is 0 Å². The van der Waals surface area contributed by atoms with Gasteiger partial charge < -0.3 is 10.2 Å². The number of hydrogen-bond donors (Lipinski definition) is 1. The summed E-state index contributed by atoms with van der Waals surface area (Å²) in [5.74, 6) is 0.704. The van der Waals surface area contributed by atoms with Crippen LogP contribution in [0.5, 0.6) is 0 Å². The van der Waals surface area contributed by atoms with E-state index in [0.717, 1.165) is 16.9 Å². The fraction of sp³-hybridized carbons (Fsp3) is 0.286. The van der Waals surface area contributed by atoms with Crippen molar-refractivity contribution < 1.29 is 13.6 Å². The number of aromatic nitrogens is 3. The molecule has 0 aliphatic carbocycles. The minimum Gasteiger partial charge on any atom is -0.354 e. The molecule has 3 heterocycles. The molecule has 1 N–H and O–H groups in total. The van der Waals surface area contributed by atoms with Crippen molar-refractivity contribution in [2.45, 2.75) is 25.6 Å². The molecule has 150 valence electrons. The fourth-order valence-electron chi connectivity index (χ4n) is 3.30. The topological polar surface area (TPSA) is 63.1 Å². The molecular weight excluding hydrogens is 376 g/mol. The van der Waals surface area contributed by atoms with Gasteiger partial charge in [0.1, 0.15) is 17.8 Å². The summed E-state index contributed by atoms with van der Waals surface area (Å²) in [6.07, 6.45) is 3.30. The van der Waals surface area contributed by atoms with Crippen molar-refractivity contribution in [3.63, 3.8) is 0 Å². The van der Waals surface area contributed by atoms with Gasteiger partial charge in [-0.15, -0.1) is 0 Å². The largest absolute Gasteiger partial charge is 0.354 e. The Morgan fingerprint density at radius 2 is 1.93 bits per heavy atom. The molecule has 0 spiro atoms. The normalized spacial score (nSPS) is 16.2. The van der Waals surface area contributed by atoms with Gasteiger partial charge in [-0.05, 0) is 35.7 Å². The van der Waals surface area contributed by atoms with Crippen LogP contribution in [0, 0.1) is 5.82 Å². The van der Waals surface area contributed by atoms with Crippen LogP contribution in [-0.2, 0) is 17.8 Å². The van der Waals surface area contributed by atoms with Gasteiger partial charge in [-0.1, -0.05) is 18.2 Å². The van der Waals surface area contributed by atoms with Gasteiger partial charge in [-0.3, -0.25) is 9.48 Å². The highest BCUT2D eigenvalue weighted by Crippen LogP contribution is 2.20. The average molecular weight is 397 g/mol. The molecule has 29 heavy (non-hydrogen) atoms. The lowest BCUT2D eigenvalue weighted by molar-refractivity contribution is -0.115. The van der Waals surface area contributed by atoms with Gasteiger partial charge in [0, 0.05) is 25.0 Å². The molecule has 1 amide bonds. The first-order valence-corrected chi connectivity index (χ1v) is 9.47. The van der Waals surface area contributed by atoms with Crippen LogP contribution in [0.25, 0.3) is 0 Å². The first-order chi connectivity index (χ1) is 14.0. The zero-order valence-corrected chi connectivity index (χ0v) is 15.8. The maximum Gasteiger partial charge on any atom is 0.230 e. The number of rotatable bonds is 6. The van der Waals surface area contributed by atoms with Gasteiger partial charge in [0.15, 0.2) is 5.82 Å². The number of alkyl halides is 1. The lowest BCUT2D eigenvalue weighted by atomic mass is 10.2. The quantitative estimate of drug-likeness (QED) is 0.694. The third kappa shape index (κ3) is 4.96. The van der Waals surface area contributed by atoms with E-state index in [1.165, 1.54) is 12.1 Å². The number of amides is 1. The summed E-state index contributed by atoms with van der Waals surface area (Å²) in [6.45, 7) is 1.51. The minimum atomic E-state index is -0.801. The highest BCUT2D eigenvalue weighted by Gasteiger charge is 2.22. The molecule has 0 bridgehead atoms. The van der Waals surface area contributed by atoms with Crippen molar-refractivity contribution in [3.8, 4) is 0 Å². The Hall–Kier alpha value is -3.29. The third-order valence-corrected chi connectivity index (χ3v) is 4.79. The number of anilines is 2. The molecule has 0 radical (unpaired) electrons. The highest BCUT2D eigenvalue weighted by molar-refractivity contribution is 5.91. The van der Waals surface area contributed by atoms with E-state index in [9.17, 15) is 13.6 Å². The van der Waals surface area contributed by atoms with Crippen molar-refractivity contribution >= 4 is 17.5 Å². The number of halogens is 2. The highest BCUT2D eigenvalue weighted by atomic mass is 19.1. The van der Waals surface area contributed by atoms with Crippen molar-refractivity contribution in [1.82, 2.24) is 14.8 Å². The molecule has 1 unspecified atom stereocenters. The summed E-state index contributed by atoms with van der Waals surface area (Å²) < 4.78 is 28.0. The smallest absolute Gasteiger partial charge is 0.230 e. The first kappa shape index (κ1) is 19.0. The zero-order valence-electron chi connectivity index (χ0n) is 15.8. The van der Waals surface area contributed by atoms with Crippen LogP contribution in [0.2, 0.25) is 0 Å². The third-order valence-electron chi connectivity index (χ3n) is 4.79. The Bertz CT molecular complexity index is 971. The van der Waals surface area contributed by atoms with E-state index in [4.69, 9.17) is 0 Å². The second kappa shape index (κ2) is 8.38. The number of carbonyl (C=O) groups is 1. The van der Waals surface area contributed by atoms with Crippen LogP contribution in [-0.4, -0.2) is 39.9 Å². The maximum absolute atomic E-state index is 13.3. The van der Waals surface area contributed by atoms with Crippen molar-refractivity contribution in [2.24, 2.45) is 0 Å². The van der Waals surface area contributed by atoms with Gasteiger partial charge in [0.2, 0.25) is 5.91 Å². The molecule has 1 atom stereocenters. The minimum absolute atomic E-state index is 0.170. The number of benzene rings is 1. The molecule has 2 aromatic heterocycles. The summed E-state index contributed by atoms with van der Waals surface area (Å²) in [4.78, 5) is 18.5. The Balaban J connectivity index is 1.30. The van der Waals surface area contributed by atoms with Crippen LogP contribution in [0.1, 0.15) is 17.5 Å². The van der Waals surface area contributed by atoms with E-state index in [2.05, 4.69) is 15.4 Å². The Morgan fingerprint density at radius 3 is 2.62 bits per heavy atom. The van der Waals surface area contributed by atoms with E-state index < -0.39 is 6.17 Å². The molecule has 4 rings (SSSR count). The van der Waals surface area contributed by atoms with Gasteiger partial charge in [0.05, 0.1) is 19.5 Å². The number of pyridine rings is 1. The standard InChI is InChI=1S/C21H21F2N5O/c22-17-4-1-15(2-5-17)13-28-10-8-19(26-28)25-21(29)11-16-3-6-20(24-12-16)27-9-7-18(23)14-27/h1-6,8,10,12,18H,7,9,11,13-14H2,(H,25,26,29). The first-order valence-electron chi connectivity index (χ1n) is 9.47. The van der Waals surface area contributed by atoms with Crippen molar-refractivity contribution in [1.29, 1.82) is 0 Å². The molecule has 0 saturated carbocycles. The van der Waals surface area contributed by atoms with Gasteiger partial charge in [-0.25, -0.2) is 13.8 Å². The monoisotopic (exact) mass is 397 g/mol.